The second-order valence-corrected chi connectivity index (χ2v) is 4.51. The Kier molecular flexibility index (Phi) is 2.81. The normalized spacial score (nSPS) is 16.1. The molecule has 1 aromatic rings. The molecule has 2 rings (SSSR count). The van der Waals surface area contributed by atoms with Gasteiger partial charge >= 0.3 is 0 Å². The molecule has 80 valence electrons. The monoisotopic (exact) mass is 268 g/mol. The quantitative estimate of drug-likeness (QED) is 0.890. The number of anilines is 1. The van der Waals surface area contributed by atoms with Crippen molar-refractivity contribution < 1.29 is 0 Å². The molecule has 2 heterocycles. The summed E-state index contributed by atoms with van der Waals surface area (Å²) in [4.78, 5) is 2.11. The van der Waals surface area contributed by atoms with E-state index in [0.717, 1.165) is 22.5 Å². The Hall–Kier alpha value is -1.23. The Morgan fingerprint density at radius 1 is 1.47 bits per heavy atom. The third kappa shape index (κ3) is 2.62. The first kappa shape index (κ1) is 10.3. The molecule has 0 saturated heterocycles. The first-order chi connectivity index (χ1) is 7.13. The van der Waals surface area contributed by atoms with Gasteiger partial charge in [-0.2, -0.15) is 5.10 Å². The summed E-state index contributed by atoms with van der Waals surface area (Å²) >= 11 is 3.47. The van der Waals surface area contributed by atoms with Gasteiger partial charge < -0.3 is 10.2 Å². The number of hydrogen-bond donors (Lipinski definition) is 1. The van der Waals surface area contributed by atoms with Crippen molar-refractivity contribution in [3.63, 3.8) is 0 Å². The summed E-state index contributed by atoms with van der Waals surface area (Å²) in [6.07, 6.45) is 6.03. The number of aryl methyl sites for hydroxylation is 1. The van der Waals surface area contributed by atoms with Gasteiger partial charge in [0, 0.05) is 42.7 Å². The first-order valence-corrected chi connectivity index (χ1v) is 5.47. The van der Waals surface area contributed by atoms with Gasteiger partial charge in [0.2, 0.25) is 0 Å². The molecular weight excluding hydrogens is 256 g/mol. The van der Waals surface area contributed by atoms with Gasteiger partial charge in [-0.05, 0) is 22.0 Å². The van der Waals surface area contributed by atoms with Crippen LogP contribution in [0.25, 0.3) is 0 Å². The summed E-state index contributed by atoms with van der Waals surface area (Å²) < 4.78 is 2.84. The van der Waals surface area contributed by atoms with Crippen molar-refractivity contribution >= 4 is 21.7 Å². The van der Waals surface area contributed by atoms with Gasteiger partial charge in [-0.15, -0.1) is 0 Å². The first-order valence-electron chi connectivity index (χ1n) is 4.68. The van der Waals surface area contributed by atoms with E-state index in [2.05, 4.69) is 37.3 Å². The molecule has 0 aliphatic carbocycles. The number of likely N-dealkylation sites (N-methyl/N-ethyl adjacent to an activating group) is 1. The molecule has 1 aromatic heterocycles. The zero-order chi connectivity index (χ0) is 10.8. The zero-order valence-corrected chi connectivity index (χ0v) is 10.3. The van der Waals surface area contributed by atoms with Crippen LogP contribution in [0.3, 0.4) is 0 Å². The van der Waals surface area contributed by atoms with E-state index in [1.165, 1.54) is 0 Å². The highest BCUT2D eigenvalue weighted by Crippen LogP contribution is 2.18. The fourth-order valence-corrected chi connectivity index (χ4v) is 2.12. The van der Waals surface area contributed by atoms with E-state index in [0.29, 0.717) is 0 Å². The number of allylic oxidation sites excluding steroid dienone is 2. The van der Waals surface area contributed by atoms with Gasteiger partial charge in [-0.1, -0.05) is 0 Å². The lowest BCUT2D eigenvalue weighted by Gasteiger charge is -2.21. The lowest BCUT2D eigenvalue weighted by atomic mass is 10.3. The SMILES string of the molecule is CN1C=C(Br)C=C(Nc2ccn(C)n2)C1. The van der Waals surface area contributed by atoms with Gasteiger partial charge in [0.05, 0.1) is 6.54 Å². The van der Waals surface area contributed by atoms with Crippen LogP contribution < -0.4 is 5.32 Å². The van der Waals surface area contributed by atoms with E-state index < -0.39 is 0 Å². The topological polar surface area (TPSA) is 33.1 Å². The molecule has 15 heavy (non-hydrogen) atoms. The van der Waals surface area contributed by atoms with Crippen molar-refractivity contribution in [3.8, 4) is 0 Å². The number of nitrogens with zero attached hydrogens (tertiary/aromatic N) is 3. The zero-order valence-electron chi connectivity index (χ0n) is 8.74. The Balaban J connectivity index is 2.10. The van der Waals surface area contributed by atoms with E-state index in [1.54, 1.807) is 4.68 Å². The van der Waals surface area contributed by atoms with Gasteiger partial charge in [-0.25, -0.2) is 0 Å². The molecule has 0 bridgehead atoms. The summed E-state index contributed by atoms with van der Waals surface area (Å²) in [7, 11) is 3.94. The number of nitrogens with one attached hydrogen (secondary N) is 1. The van der Waals surface area contributed by atoms with Crippen LogP contribution in [-0.2, 0) is 7.05 Å². The Morgan fingerprint density at radius 2 is 2.27 bits per heavy atom. The summed E-state index contributed by atoms with van der Waals surface area (Å²) in [6.45, 7) is 0.867. The van der Waals surface area contributed by atoms with Crippen molar-refractivity contribution in [2.75, 3.05) is 18.9 Å². The standard InChI is InChI=1S/C10H13BrN4/c1-14-6-8(11)5-9(7-14)12-10-3-4-15(2)13-10/h3-6H,7H2,1-2H3,(H,12,13). The van der Waals surface area contributed by atoms with Gasteiger partial charge in [0.25, 0.3) is 0 Å². The average Bonchev–Trinajstić information content (AvgIpc) is 2.49. The Morgan fingerprint density at radius 3 is 2.87 bits per heavy atom. The Bertz CT molecular complexity index is 419. The number of hydrogen-bond acceptors (Lipinski definition) is 3. The minimum Gasteiger partial charge on any atom is -0.374 e. The average molecular weight is 269 g/mol. The predicted octanol–water partition coefficient (Wildman–Crippen LogP) is 1.90. The molecule has 0 unspecified atom stereocenters. The highest BCUT2D eigenvalue weighted by atomic mass is 79.9. The van der Waals surface area contributed by atoms with E-state index in [9.17, 15) is 0 Å². The maximum Gasteiger partial charge on any atom is 0.152 e. The van der Waals surface area contributed by atoms with E-state index in [4.69, 9.17) is 0 Å². The van der Waals surface area contributed by atoms with Crippen LogP contribution in [0.15, 0.2) is 34.7 Å². The van der Waals surface area contributed by atoms with Gasteiger partial charge in [0.1, 0.15) is 0 Å². The predicted molar refractivity (Wildman–Crippen MR) is 64.6 cm³/mol. The van der Waals surface area contributed by atoms with Crippen LogP contribution >= 0.6 is 15.9 Å². The molecule has 0 aromatic carbocycles. The maximum atomic E-state index is 4.27. The minimum atomic E-state index is 0.867. The summed E-state index contributed by atoms with van der Waals surface area (Å²) in [5, 5.41) is 7.55. The molecule has 1 aliphatic rings. The molecule has 4 nitrogen and oxygen atoms in total. The van der Waals surface area contributed by atoms with E-state index >= 15 is 0 Å². The molecule has 0 fully saturated rings. The van der Waals surface area contributed by atoms with E-state index in [1.807, 2.05) is 32.6 Å². The van der Waals surface area contributed by atoms with Crippen LogP contribution in [0.5, 0.6) is 0 Å². The minimum absolute atomic E-state index is 0.867. The second-order valence-electron chi connectivity index (χ2n) is 3.60. The van der Waals surface area contributed by atoms with Crippen molar-refractivity contribution in [2.24, 2.45) is 7.05 Å². The van der Waals surface area contributed by atoms with Crippen LogP contribution in [0, 0.1) is 0 Å². The van der Waals surface area contributed by atoms with Gasteiger partial charge in [0.15, 0.2) is 5.82 Å². The van der Waals surface area contributed by atoms with Crippen LogP contribution in [0.1, 0.15) is 0 Å². The number of rotatable bonds is 2. The van der Waals surface area contributed by atoms with E-state index in [-0.39, 0.29) is 0 Å². The third-order valence-corrected chi connectivity index (χ3v) is 2.51. The fraction of sp³-hybridized carbons (Fsp3) is 0.300. The molecule has 0 radical (unpaired) electrons. The molecule has 0 amide bonds. The molecule has 1 aliphatic heterocycles. The van der Waals surface area contributed by atoms with Crippen LogP contribution in [0.4, 0.5) is 5.82 Å². The van der Waals surface area contributed by atoms with Crippen molar-refractivity contribution in [2.45, 2.75) is 0 Å². The number of aromatic nitrogens is 2. The lowest BCUT2D eigenvalue weighted by molar-refractivity contribution is 0.491. The molecule has 0 saturated carbocycles. The number of halogens is 1. The molecular formula is C10H13BrN4. The molecule has 0 atom stereocenters. The summed E-state index contributed by atoms with van der Waals surface area (Å²) in [5.74, 6) is 0.874. The molecule has 0 spiro atoms. The largest absolute Gasteiger partial charge is 0.374 e. The summed E-state index contributed by atoms with van der Waals surface area (Å²) in [5.41, 5.74) is 1.13. The highest BCUT2D eigenvalue weighted by molar-refractivity contribution is 9.11. The van der Waals surface area contributed by atoms with Gasteiger partial charge in [-0.3, -0.25) is 4.68 Å². The molecule has 1 N–H and O–H groups in total. The fourth-order valence-electron chi connectivity index (χ4n) is 1.50. The molecule has 5 heteroatoms. The van der Waals surface area contributed by atoms with Crippen molar-refractivity contribution in [3.05, 3.63) is 34.7 Å². The highest BCUT2D eigenvalue weighted by Gasteiger charge is 2.08. The van der Waals surface area contributed by atoms with Crippen LogP contribution in [0.2, 0.25) is 0 Å². The summed E-state index contributed by atoms with van der Waals surface area (Å²) in [6, 6.07) is 1.95. The van der Waals surface area contributed by atoms with Crippen molar-refractivity contribution in [1.82, 2.24) is 14.7 Å². The third-order valence-electron chi connectivity index (χ3n) is 2.08. The second kappa shape index (κ2) is 4.10. The Labute approximate surface area is 97.4 Å². The van der Waals surface area contributed by atoms with Crippen LogP contribution in [-0.4, -0.2) is 28.3 Å². The maximum absolute atomic E-state index is 4.27. The lowest BCUT2D eigenvalue weighted by Crippen LogP contribution is -2.21. The van der Waals surface area contributed by atoms with Crippen molar-refractivity contribution in [1.29, 1.82) is 0 Å². The smallest absolute Gasteiger partial charge is 0.152 e.